The molecule has 1 aromatic rings. The summed E-state index contributed by atoms with van der Waals surface area (Å²) >= 11 is 0. The maximum Gasteiger partial charge on any atom is 0.227 e. The molecule has 2 unspecified atom stereocenters. The Morgan fingerprint density at radius 3 is 2.84 bits per heavy atom. The summed E-state index contributed by atoms with van der Waals surface area (Å²) in [7, 11) is 0. The van der Waals surface area contributed by atoms with Crippen molar-refractivity contribution in [1.29, 1.82) is 0 Å². The minimum atomic E-state index is -0.0235. The lowest BCUT2D eigenvalue weighted by Crippen LogP contribution is -2.38. The van der Waals surface area contributed by atoms with Gasteiger partial charge in [0, 0.05) is 13.1 Å². The third-order valence-corrected chi connectivity index (χ3v) is 4.21. The molecule has 3 heteroatoms. The van der Waals surface area contributed by atoms with E-state index in [-0.39, 0.29) is 17.9 Å². The van der Waals surface area contributed by atoms with Crippen LogP contribution in [0.5, 0.6) is 0 Å². The van der Waals surface area contributed by atoms with E-state index in [9.17, 15) is 4.79 Å². The maximum absolute atomic E-state index is 12.5. The molecule has 1 heterocycles. The minimum absolute atomic E-state index is 0.0235. The third kappa shape index (κ3) is 2.81. The minimum Gasteiger partial charge on any atom is -0.335 e. The Bertz CT molecular complexity index is 440. The van der Waals surface area contributed by atoms with Crippen LogP contribution >= 0.6 is 0 Å². The highest BCUT2D eigenvalue weighted by atomic mass is 16.2. The van der Waals surface area contributed by atoms with Crippen LogP contribution in [0.2, 0.25) is 0 Å². The van der Waals surface area contributed by atoms with Crippen molar-refractivity contribution in [3.05, 3.63) is 35.4 Å². The van der Waals surface area contributed by atoms with Crippen molar-refractivity contribution in [2.45, 2.75) is 39.2 Å². The molecular weight excluding hydrogens is 236 g/mol. The molecule has 1 aliphatic heterocycles. The van der Waals surface area contributed by atoms with Crippen molar-refractivity contribution in [1.82, 2.24) is 4.90 Å². The maximum atomic E-state index is 12.5. The average Bonchev–Trinajstić information content (AvgIpc) is 2.89. The fourth-order valence-electron chi connectivity index (χ4n) is 2.99. The van der Waals surface area contributed by atoms with Gasteiger partial charge in [0.1, 0.15) is 0 Å². The molecule has 1 aliphatic rings. The summed E-state index contributed by atoms with van der Waals surface area (Å²) in [5.74, 6) is 0.209. The standard InChI is InChI=1S/C16H24N2O/c1-3-13(11-17)16(19)18-10-6-9-15(18)14-8-5-4-7-12(14)2/h4-5,7-8,13,15H,3,6,9-11,17H2,1-2H3. The van der Waals surface area contributed by atoms with E-state index in [4.69, 9.17) is 5.73 Å². The SMILES string of the molecule is CCC(CN)C(=O)N1CCCC1c1ccccc1C. The molecule has 0 saturated carbocycles. The number of hydrogen-bond acceptors (Lipinski definition) is 2. The molecule has 0 bridgehead atoms. The molecule has 2 atom stereocenters. The van der Waals surface area contributed by atoms with Gasteiger partial charge in [0.15, 0.2) is 0 Å². The molecule has 2 N–H and O–H groups in total. The lowest BCUT2D eigenvalue weighted by atomic mass is 9.98. The monoisotopic (exact) mass is 260 g/mol. The van der Waals surface area contributed by atoms with Gasteiger partial charge in [0.25, 0.3) is 0 Å². The first-order valence-electron chi connectivity index (χ1n) is 7.25. The molecule has 0 aromatic heterocycles. The number of likely N-dealkylation sites (tertiary alicyclic amines) is 1. The highest BCUT2D eigenvalue weighted by molar-refractivity contribution is 5.80. The van der Waals surface area contributed by atoms with Gasteiger partial charge in [-0.1, -0.05) is 31.2 Å². The van der Waals surface area contributed by atoms with E-state index >= 15 is 0 Å². The molecule has 1 aromatic carbocycles. The van der Waals surface area contributed by atoms with Crippen molar-refractivity contribution < 1.29 is 4.79 Å². The van der Waals surface area contributed by atoms with E-state index in [1.165, 1.54) is 11.1 Å². The van der Waals surface area contributed by atoms with Crippen LogP contribution in [-0.2, 0) is 4.79 Å². The molecule has 1 amide bonds. The quantitative estimate of drug-likeness (QED) is 0.904. The topological polar surface area (TPSA) is 46.3 Å². The number of hydrogen-bond donors (Lipinski definition) is 1. The number of nitrogens with two attached hydrogens (primary N) is 1. The van der Waals surface area contributed by atoms with Gasteiger partial charge in [-0.2, -0.15) is 0 Å². The van der Waals surface area contributed by atoms with Gasteiger partial charge >= 0.3 is 0 Å². The molecule has 19 heavy (non-hydrogen) atoms. The zero-order valence-electron chi connectivity index (χ0n) is 11.9. The predicted octanol–water partition coefficient (Wildman–Crippen LogP) is 2.64. The molecule has 3 nitrogen and oxygen atoms in total. The van der Waals surface area contributed by atoms with Crippen LogP contribution in [0.4, 0.5) is 0 Å². The van der Waals surface area contributed by atoms with E-state index in [0.717, 1.165) is 25.8 Å². The average molecular weight is 260 g/mol. The van der Waals surface area contributed by atoms with Gasteiger partial charge in [-0.15, -0.1) is 0 Å². The molecule has 104 valence electrons. The number of nitrogens with zero attached hydrogens (tertiary/aromatic N) is 1. The van der Waals surface area contributed by atoms with Gasteiger partial charge < -0.3 is 10.6 Å². The zero-order valence-corrected chi connectivity index (χ0v) is 11.9. The van der Waals surface area contributed by atoms with E-state index in [1.807, 2.05) is 11.8 Å². The lowest BCUT2D eigenvalue weighted by Gasteiger charge is -2.29. The van der Waals surface area contributed by atoms with Crippen LogP contribution in [0.3, 0.4) is 0 Å². The summed E-state index contributed by atoms with van der Waals surface area (Å²) < 4.78 is 0. The summed E-state index contributed by atoms with van der Waals surface area (Å²) in [4.78, 5) is 14.6. The first-order chi connectivity index (χ1) is 9.19. The first kappa shape index (κ1) is 14.1. The fraction of sp³-hybridized carbons (Fsp3) is 0.562. The normalized spacial score (nSPS) is 20.6. The fourth-order valence-corrected chi connectivity index (χ4v) is 2.99. The highest BCUT2D eigenvalue weighted by Gasteiger charge is 2.33. The first-order valence-corrected chi connectivity index (χ1v) is 7.25. The molecule has 1 saturated heterocycles. The van der Waals surface area contributed by atoms with Crippen LogP contribution < -0.4 is 5.73 Å². The highest BCUT2D eigenvalue weighted by Crippen LogP contribution is 2.34. The second kappa shape index (κ2) is 6.20. The lowest BCUT2D eigenvalue weighted by molar-refractivity contribution is -0.136. The van der Waals surface area contributed by atoms with Crippen molar-refractivity contribution in [3.8, 4) is 0 Å². The zero-order chi connectivity index (χ0) is 13.8. The Balaban J connectivity index is 2.22. The van der Waals surface area contributed by atoms with Crippen LogP contribution in [0, 0.1) is 12.8 Å². The number of amides is 1. The molecule has 0 spiro atoms. The Morgan fingerprint density at radius 1 is 1.47 bits per heavy atom. The Kier molecular flexibility index (Phi) is 4.59. The summed E-state index contributed by atoms with van der Waals surface area (Å²) in [5.41, 5.74) is 8.28. The number of carbonyl (C=O) groups is 1. The summed E-state index contributed by atoms with van der Waals surface area (Å²) in [6.45, 7) is 5.48. The van der Waals surface area contributed by atoms with Crippen molar-refractivity contribution in [2.24, 2.45) is 11.7 Å². The van der Waals surface area contributed by atoms with Gasteiger partial charge in [0.05, 0.1) is 12.0 Å². The number of carbonyl (C=O) groups excluding carboxylic acids is 1. The van der Waals surface area contributed by atoms with Gasteiger partial charge in [-0.05, 0) is 37.3 Å². The van der Waals surface area contributed by atoms with Crippen molar-refractivity contribution >= 4 is 5.91 Å². The van der Waals surface area contributed by atoms with Crippen LogP contribution in [0.1, 0.15) is 43.4 Å². The largest absolute Gasteiger partial charge is 0.335 e. The van der Waals surface area contributed by atoms with E-state index in [2.05, 4.69) is 31.2 Å². The number of rotatable bonds is 4. The number of aryl methyl sites for hydroxylation is 1. The molecular formula is C16H24N2O. The van der Waals surface area contributed by atoms with Crippen LogP contribution in [0.25, 0.3) is 0 Å². The summed E-state index contributed by atoms with van der Waals surface area (Å²) in [6, 6.07) is 8.62. The van der Waals surface area contributed by atoms with Gasteiger partial charge in [0.2, 0.25) is 5.91 Å². The second-order valence-electron chi connectivity index (χ2n) is 5.39. The summed E-state index contributed by atoms with van der Waals surface area (Å²) in [6.07, 6.45) is 2.98. The predicted molar refractivity (Wildman–Crippen MR) is 77.7 cm³/mol. The van der Waals surface area contributed by atoms with E-state index in [1.54, 1.807) is 0 Å². The molecule has 1 fully saturated rings. The van der Waals surface area contributed by atoms with E-state index < -0.39 is 0 Å². The molecule has 0 radical (unpaired) electrons. The molecule has 0 aliphatic carbocycles. The third-order valence-electron chi connectivity index (χ3n) is 4.21. The Morgan fingerprint density at radius 2 is 2.21 bits per heavy atom. The van der Waals surface area contributed by atoms with Gasteiger partial charge in [-0.3, -0.25) is 4.79 Å². The van der Waals surface area contributed by atoms with Crippen LogP contribution in [0.15, 0.2) is 24.3 Å². The van der Waals surface area contributed by atoms with Crippen LogP contribution in [-0.4, -0.2) is 23.9 Å². The van der Waals surface area contributed by atoms with Crippen molar-refractivity contribution in [3.63, 3.8) is 0 Å². The Hall–Kier alpha value is -1.35. The summed E-state index contributed by atoms with van der Waals surface area (Å²) in [5, 5.41) is 0. The molecule has 2 rings (SSSR count). The second-order valence-corrected chi connectivity index (χ2v) is 5.39. The van der Waals surface area contributed by atoms with Gasteiger partial charge in [-0.25, -0.2) is 0 Å². The smallest absolute Gasteiger partial charge is 0.227 e. The van der Waals surface area contributed by atoms with Crippen molar-refractivity contribution in [2.75, 3.05) is 13.1 Å². The Labute approximate surface area is 115 Å². The number of benzene rings is 1. The van der Waals surface area contributed by atoms with E-state index in [0.29, 0.717) is 6.54 Å².